The second-order valence-electron chi connectivity index (χ2n) is 6.18. The van der Waals surface area contributed by atoms with Gasteiger partial charge in [0, 0.05) is 19.8 Å². The minimum atomic E-state index is 0.0565. The minimum Gasteiger partial charge on any atom is -0.373 e. The number of nitrogens with zero attached hydrogens (tertiary/aromatic N) is 6. The van der Waals surface area contributed by atoms with Crippen LogP contribution in [0.1, 0.15) is 24.4 Å². The Bertz CT molecular complexity index is 924. The van der Waals surface area contributed by atoms with E-state index in [1.54, 1.807) is 16.8 Å². The summed E-state index contributed by atoms with van der Waals surface area (Å²) in [5, 5.41) is 18.2. The van der Waals surface area contributed by atoms with Gasteiger partial charge in [0.2, 0.25) is 5.91 Å². The number of anilines is 2. The molecule has 3 aromatic rings. The second-order valence-corrected chi connectivity index (χ2v) is 6.18. The average molecular weight is 352 g/mol. The molecule has 0 bridgehead atoms. The van der Waals surface area contributed by atoms with E-state index in [2.05, 4.69) is 30.9 Å². The van der Waals surface area contributed by atoms with Crippen molar-refractivity contribution in [2.24, 2.45) is 0 Å². The lowest BCUT2D eigenvalue weighted by atomic mass is 10.1. The molecule has 26 heavy (non-hydrogen) atoms. The summed E-state index contributed by atoms with van der Waals surface area (Å²) in [6, 6.07) is 7.67. The quantitative estimate of drug-likeness (QED) is 0.714. The molecule has 3 aromatic heterocycles. The van der Waals surface area contributed by atoms with Crippen molar-refractivity contribution in [2.45, 2.75) is 18.9 Å². The summed E-state index contributed by atoms with van der Waals surface area (Å²) in [6.07, 6.45) is 5.27. The maximum atomic E-state index is 12.7. The molecule has 0 saturated carbocycles. The average Bonchev–Trinajstić information content (AvgIpc) is 3.35. The van der Waals surface area contributed by atoms with Gasteiger partial charge in [-0.05, 0) is 42.7 Å². The van der Waals surface area contributed by atoms with Crippen molar-refractivity contribution in [3.8, 4) is 0 Å². The lowest BCUT2D eigenvalue weighted by Gasteiger charge is -2.25. The minimum absolute atomic E-state index is 0.0565. The molecule has 0 aromatic carbocycles. The molecule has 0 aliphatic carbocycles. The number of carbonyl (C=O) groups excluding carboxylic acids is 1. The molecule has 1 amide bonds. The van der Waals surface area contributed by atoms with Gasteiger partial charge >= 0.3 is 0 Å². The Labute approximate surface area is 150 Å². The number of fused-ring (bicyclic) bond motifs is 1. The third-order valence-corrected chi connectivity index (χ3v) is 4.58. The Balaban J connectivity index is 1.44. The Hall–Kier alpha value is -3.23. The fourth-order valence-corrected chi connectivity index (χ4v) is 3.29. The molecular formula is C17H20N8O. The zero-order valence-electron chi connectivity index (χ0n) is 14.5. The summed E-state index contributed by atoms with van der Waals surface area (Å²) < 4.78 is 1.57. The van der Waals surface area contributed by atoms with Gasteiger partial charge in [-0.1, -0.05) is 0 Å². The first-order valence-electron chi connectivity index (χ1n) is 8.59. The molecule has 1 fully saturated rings. The molecule has 2 N–H and O–H groups in total. The molecule has 0 spiro atoms. The lowest BCUT2D eigenvalue weighted by molar-refractivity contribution is -0.130. The van der Waals surface area contributed by atoms with Crippen LogP contribution < -0.4 is 10.6 Å². The fourth-order valence-electron chi connectivity index (χ4n) is 3.29. The fraction of sp³-hybridized carbons (Fsp3) is 0.353. The van der Waals surface area contributed by atoms with Crippen LogP contribution in [0.4, 0.5) is 11.6 Å². The van der Waals surface area contributed by atoms with Crippen molar-refractivity contribution in [3.63, 3.8) is 0 Å². The summed E-state index contributed by atoms with van der Waals surface area (Å²) in [7, 11) is 1.84. The van der Waals surface area contributed by atoms with E-state index in [4.69, 9.17) is 0 Å². The van der Waals surface area contributed by atoms with Gasteiger partial charge in [0.25, 0.3) is 0 Å². The zero-order valence-corrected chi connectivity index (χ0v) is 14.5. The van der Waals surface area contributed by atoms with Gasteiger partial charge in [0.15, 0.2) is 5.65 Å². The summed E-state index contributed by atoms with van der Waals surface area (Å²) in [5.41, 5.74) is 1.78. The summed E-state index contributed by atoms with van der Waals surface area (Å²) in [4.78, 5) is 18.9. The molecule has 0 radical (unpaired) electrons. The largest absolute Gasteiger partial charge is 0.373 e. The van der Waals surface area contributed by atoms with Gasteiger partial charge in [-0.15, -0.1) is 15.3 Å². The number of aromatic nitrogens is 5. The predicted octanol–water partition coefficient (Wildman–Crippen LogP) is 1.34. The zero-order chi connectivity index (χ0) is 17.9. The summed E-state index contributed by atoms with van der Waals surface area (Å²) >= 11 is 0. The highest BCUT2D eigenvalue weighted by Crippen LogP contribution is 2.32. The van der Waals surface area contributed by atoms with Crippen molar-refractivity contribution in [1.82, 2.24) is 29.7 Å². The van der Waals surface area contributed by atoms with Gasteiger partial charge in [-0.3, -0.25) is 4.79 Å². The standard InChI is InChI=1S/C17H20N8O/c1-18-15-9-12(6-7-19-15)13-3-2-8-24(13)17(26)10-20-14-4-5-16-22-21-11-25(16)23-14/h4-7,9,11,13H,2-3,8,10H2,1H3,(H,18,19)(H,20,23). The van der Waals surface area contributed by atoms with E-state index in [1.807, 2.05) is 30.1 Å². The molecule has 4 heterocycles. The van der Waals surface area contributed by atoms with Crippen LogP contribution in [0.15, 0.2) is 36.8 Å². The van der Waals surface area contributed by atoms with E-state index < -0.39 is 0 Å². The van der Waals surface area contributed by atoms with Crippen LogP contribution in [0.5, 0.6) is 0 Å². The molecule has 4 rings (SSSR count). The van der Waals surface area contributed by atoms with Crippen LogP contribution >= 0.6 is 0 Å². The molecule has 9 nitrogen and oxygen atoms in total. The summed E-state index contributed by atoms with van der Waals surface area (Å²) in [6.45, 7) is 0.960. The Morgan fingerprint density at radius 3 is 3.12 bits per heavy atom. The SMILES string of the molecule is CNc1cc(C2CCCN2C(=O)CNc2ccc3nncn3n2)ccn1. The Morgan fingerprint density at radius 1 is 1.31 bits per heavy atom. The molecule has 134 valence electrons. The van der Waals surface area contributed by atoms with Crippen LogP contribution in [-0.4, -0.2) is 55.7 Å². The number of nitrogens with one attached hydrogen (secondary N) is 2. The lowest BCUT2D eigenvalue weighted by Crippen LogP contribution is -2.35. The molecule has 1 unspecified atom stereocenters. The predicted molar refractivity (Wildman–Crippen MR) is 96.7 cm³/mol. The van der Waals surface area contributed by atoms with Gasteiger partial charge in [0.1, 0.15) is 18.0 Å². The van der Waals surface area contributed by atoms with E-state index >= 15 is 0 Å². The third kappa shape index (κ3) is 3.15. The first-order chi connectivity index (χ1) is 12.7. The second kappa shape index (κ2) is 6.95. The number of likely N-dealkylation sites (tertiary alicyclic amines) is 1. The van der Waals surface area contributed by atoms with Gasteiger partial charge < -0.3 is 15.5 Å². The maximum Gasteiger partial charge on any atom is 0.242 e. The number of amides is 1. The number of rotatable bonds is 5. The molecule has 1 atom stereocenters. The van der Waals surface area contributed by atoms with E-state index in [0.29, 0.717) is 11.5 Å². The number of hydrogen-bond donors (Lipinski definition) is 2. The topological polar surface area (TPSA) is 100 Å². The molecule has 1 saturated heterocycles. The van der Waals surface area contributed by atoms with Gasteiger partial charge in [0.05, 0.1) is 12.6 Å². The molecule has 1 aliphatic heterocycles. The number of hydrogen-bond acceptors (Lipinski definition) is 7. The molecule has 9 heteroatoms. The van der Waals surface area contributed by atoms with E-state index in [1.165, 1.54) is 6.33 Å². The van der Waals surface area contributed by atoms with Crippen molar-refractivity contribution in [1.29, 1.82) is 0 Å². The monoisotopic (exact) mass is 352 g/mol. The van der Waals surface area contributed by atoms with Crippen LogP contribution in [0, 0.1) is 0 Å². The summed E-state index contributed by atoms with van der Waals surface area (Å²) in [5.74, 6) is 1.48. The first-order valence-corrected chi connectivity index (χ1v) is 8.59. The third-order valence-electron chi connectivity index (χ3n) is 4.58. The highest BCUT2D eigenvalue weighted by atomic mass is 16.2. The number of pyridine rings is 1. The normalized spacial score (nSPS) is 16.8. The maximum absolute atomic E-state index is 12.7. The molecule has 1 aliphatic rings. The first kappa shape index (κ1) is 16.2. The highest BCUT2D eigenvalue weighted by molar-refractivity contribution is 5.81. The van der Waals surface area contributed by atoms with Crippen LogP contribution in [0.3, 0.4) is 0 Å². The van der Waals surface area contributed by atoms with Crippen LogP contribution in [0.2, 0.25) is 0 Å². The number of carbonyl (C=O) groups is 1. The van der Waals surface area contributed by atoms with E-state index in [-0.39, 0.29) is 18.5 Å². The van der Waals surface area contributed by atoms with Crippen LogP contribution in [-0.2, 0) is 4.79 Å². The van der Waals surface area contributed by atoms with Crippen molar-refractivity contribution < 1.29 is 4.79 Å². The van der Waals surface area contributed by atoms with Gasteiger partial charge in [-0.2, -0.15) is 4.52 Å². The van der Waals surface area contributed by atoms with E-state index in [9.17, 15) is 4.79 Å². The smallest absolute Gasteiger partial charge is 0.242 e. The Morgan fingerprint density at radius 2 is 2.23 bits per heavy atom. The highest BCUT2D eigenvalue weighted by Gasteiger charge is 2.29. The van der Waals surface area contributed by atoms with E-state index in [0.717, 1.165) is 30.8 Å². The van der Waals surface area contributed by atoms with Crippen molar-refractivity contribution in [2.75, 3.05) is 30.8 Å². The molecular weight excluding hydrogens is 332 g/mol. The van der Waals surface area contributed by atoms with Gasteiger partial charge in [-0.25, -0.2) is 4.98 Å². The van der Waals surface area contributed by atoms with Crippen molar-refractivity contribution in [3.05, 3.63) is 42.4 Å². The van der Waals surface area contributed by atoms with Crippen LogP contribution in [0.25, 0.3) is 5.65 Å². The van der Waals surface area contributed by atoms with Crippen molar-refractivity contribution >= 4 is 23.2 Å². The Kier molecular flexibility index (Phi) is 4.34.